The Labute approximate surface area is 146 Å². The lowest BCUT2D eigenvalue weighted by atomic mass is 10.2. The average Bonchev–Trinajstić information content (AvgIpc) is 2.67. The van der Waals surface area contributed by atoms with Gasteiger partial charge in [-0.3, -0.25) is 0 Å². The van der Waals surface area contributed by atoms with Gasteiger partial charge in [0.2, 0.25) is 0 Å². The van der Waals surface area contributed by atoms with Crippen LogP contribution in [-0.4, -0.2) is 10.2 Å². The SMILES string of the molecule is OCc1cc(OCc2ccccc2)c(OCc2ccccc2)cc1O. The molecule has 0 heterocycles. The molecular weight excluding hydrogens is 316 g/mol. The molecule has 0 spiro atoms. The van der Waals surface area contributed by atoms with Gasteiger partial charge in [-0.2, -0.15) is 0 Å². The van der Waals surface area contributed by atoms with E-state index in [1.807, 2.05) is 60.7 Å². The van der Waals surface area contributed by atoms with Crippen LogP contribution >= 0.6 is 0 Å². The minimum Gasteiger partial charge on any atom is -0.507 e. The Morgan fingerprint density at radius 1 is 0.680 bits per heavy atom. The van der Waals surface area contributed by atoms with Gasteiger partial charge in [0.15, 0.2) is 11.5 Å². The number of ether oxygens (including phenoxy) is 2. The van der Waals surface area contributed by atoms with E-state index in [0.29, 0.717) is 30.3 Å². The van der Waals surface area contributed by atoms with Crippen molar-refractivity contribution >= 4 is 0 Å². The van der Waals surface area contributed by atoms with Crippen LogP contribution in [0.3, 0.4) is 0 Å². The third-order valence-electron chi connectivity index (χ3n) is 3.79. The van der Waals surface area contributed by atoms with Crippen LogP contribution in [0.25, 0.3) is 0 Å². The predicted molar refractivity (Wildman–Crippen MR) is 95.6 cm³/mol. The normalized spacial score (nSPS) is 10.4. The summed E-state index contributed by atoms with van der Waals surface area (Å²) in [5, 5.41) is 19.4. The van der Waals surface area contributed by atoms with E-state index in [9.17, 15) is 10.2 Å². The molecule has 0 unspecified atom stereocenters. The second-order valence-electron chi connectivity index (χ2n) is 5.63. The predicted octanol–water partition coefficient (Wildman–Crippen LogP) is 4.04. The molecule has 0 aliphatic heterocycles. The fourth-order valence-electron chi connectivity index (χ4n) is 2.41. The molecule has 128 valence electrons. The van der Waals surface area contributed by atoms with Gasteiger partial charge in [-0.1, -0.05) is 60.7 Å². The molecule has 0 atom stereocenters. The summed E-state index contributed by atoms with van der Waals surface area (Å²) in [6.45, 7) is 0.463. The summed E-state index contributed by atoms with van der Waals surface area (Å²) in [4.78, 5) is 0. The largest absolute Gasteiger partial charge is 0.507 e. The van der Waals surface area contributed by atoms with E-state index in [1.54, 1.807) is 6.07 Å². The van der Waals surface area contributed by atoms with Gasteiger partial charge in [-0.15, -0.1) is 0 Å². The number of rotatable bonds is 7. The highest BCUT2D eigenvalue weighted by Gasteiger charge is 2.12. The molecule has 0 aliphatic carbocycles. The molecule has 0 saturated carbocycles. The molecule has 3 rings (SSSR count). The standard InChI is InChI=1S/C21H20O4/c22-13-18-11-20(24-14-16-7-3-1-4-8-16)21(12-19(18)23)25-15-17-9-5-2-6-10-17/h1-12,22-23H,13-15H2. The molecule has 2 N–H and O–H groups in total. The Hall–Kier alpha value is -2.98. The third-order valence-corrected chi connectivity index (χ3v) is 3.79. The van der Waals surface area contributed by atoms with Crippen molar-refractivity contribution in [1.82, 2.24) is 0 Å². The van der Waals surface area contributed by atoms with Gasteiger partial charge >= 0.3 is 0 Å². The average molecular weight is 336 g/mol. The van der Waals surface area contributed by atoms with Crippen LogP contribution in [0, 0.1) is 0 Å². The first kappa shape index (κ1) is 16.9. The van der Waals surface area contributed by atoms with Crippen molar-refractivity contribution in [3.05, 3.63) is 89.5 Å². The van der Waals surface area contributed by atoms with Gasteiger partial charge in [-0.05, 0) is 17.2 Å². The van der Waals surface area contributed by atoms with Crippen molar-refractivity contribution in [2.45, 2.75) is 19.8 Å². The molecule has 4 heteroatoms. The molecular formula is C21H20O4. The van der Waals surface area contributed by atoms with E-state index in [0.717, 1.165) is 11.1 Å². The molecule has 0 aromatic heterocycles. The van der Waals surface area contributed by atoms with E-state index in [1.165, 1.54) is 6.07 Å². The molecule has 0 radical (unpaired) electrons. The van der Waals surface area contributed by atoms with Crippen LogP contribution in [0.4, 0.5) is 0 Å². The summed E-state index contributed by atoms with van der Waals surface area (Å²) in [5.41, 5.74) is 2.44. The maximum Gasteiger partial charge on any atom is 0.165 e. The molecule has 0 saturated heterocycles. The molecule has 0 amide bonds. The highest BCUT2D eigenvalue weighted by molar-refractivity contribution is 5.50. The lowest BCUT2D eigenvalue weighted by Gasteiger charge is -2.15. The zero-order valence-corrected chi connectivity index (χ0v) is 13.8. The number of aliphatic hydroxyl groups excluding tert-OH is 1. The number of hydrogen-bond donors (Lipinski definition) is 2. The van der Waals surface area contributed by atoms with Crippen molar-refractivity contribution < 1.29 is 19.7 Å². The van der Waals surface area contributed by atoms with E-state index in [-0.39, 0.29) is 12.4 Å². The van der Waals surface area contributed by atoms with Crippen molar-refractivity contribution in [2.24, 2.45) is 0 Å². The Morgan fingerprint density at radius 2 is 1.16 bits per heavy atom. The smallest absolute Gasteiger partial charge is 0.165 e. The Morgan fingerprint density at radius 3 is 1.64 bits per heavy atom. The highest BCUT2D eigenvalue weighted by atomic mass is 16.5. The van der Waals surface area contributed by atoms with Crippen molar-refractivity contribution in [3.8, 4) is 17.2 Å². The molecule has 0 aliphatic rings. The van der Waals surface area contributed by atoms with Crippen LogP contribution < -0.4 is 9.47 Å². The monoisotopic (exact) mass is 336 g/mol. The van der Waals surface area contributed by atoms with Gasteiger partial charge < -0.3 is 19.7 Å². The maximum atomic E-state index is 10.0. The van der Waals surface area contributed by atoms with Gasteiger partial charge in [0.05, 0.1) is 6.61 Å². The summed E-state index contributed by atoms with van der Waals surface area (Å²) < 4.78 is 11.7. The van der Waals surface area contributed by atoms with Gasteiger partial charge in [0.1, 0.15) is 19.0 Å². The minimum atomic E-state index is -0.271. The second kappa shape index (κ2) is 8.22. The van der Waals surface area contributed by atoms with E-state index < -0.39 is 0 Å². The van der Waals surface area contributed by atoms with Gasteiger partial charge in [0.25, 0.3) is 0 Å². The first-order valence-electron chi connectivity index (χ1n) is 8.06. The Kier molecular flexibility index (Phi) is 5.54. The fourth-order valence-corrected chi connectivity index (χ4v) is 2.41. The molecule has 0 fully saturated rings. The topological polar surface area (TPSA) is 58.9 Å². The van der Waals surface area contributed by atoms with Crippen molar-refractivity contribution in [2.75, 3.05) is 0 Å². The molecule has 3 aromatic carbocycles. The lowest BCUT2D eigenvalue weighted by Crippen LogP contribution is -2.01. The molecule has 4 nitrogen and oxygen atoms in total. The van der Waals surface area contributed by atoms with Gasteiger partial charge in [0, 0.05) is 11.6 Å². The van der Waals surface area contributed by atoms with Crippen LogP contribution in [0.5, 0.6) is 17.2 Å². The van der Waals surface area contributed by atoms with Crippen LogP contribution in [-0.2, 0) is 19.8 Å². The number of benzene rings is 3. The van der Waals surface area contributed by atoms with Crippen LogP contribution in [0.1, 0.15) is 16.7 Å². The molecule has 3 aromatic rings. The number of aliphatic hydroxyl groups is 1. The maximum absolute atomic E-state index is 10.0. The van der Waals surface area contributed by atoms with E-state index >= 15 is 0 Å². The first-order chi connectivity index (χ1) is 12.3. The number of phenols is 1. The highest BCUT2D eigenvalue weighted by Crippen LogP contribution is 2.35. The number of aromatic hydroxyl groups is 1. The Bertz CT molecular complexity index is 801. The fraction of sp³-hybridized carbons (Fsp3) is 0.143. The number of hydrogen-bond acceptors (Lipinski definition) is 4. The van der Waals surface area contributed by atoms with Crippen LogP contribution in [0.2, 0.25) is 0 Å². The van der Waals surface area contributed by atoms with Gasteiger partial charge in [-0.25, -0.2) is 0 Å². The van der Waals surface area contributed by atoms with E-state index in [2.05, 4.69) is 0 Å². The lowest BCUT2D eigenvalue weighted by molar-refractivity contribution is 0.248. The zero-order valence-electron chi connectivity index (χ0n) is 13.8. The van der Waals surface area contributed by atoms with Crippen LogP contribution in [0.15, 0.2) is 72.8 Å². The third kappa shape index (κ3) is 4.52. The summed E-state index contributed by atoms with van der Waals surface area (Å²) in [7, 11) is 0. The summed E-state index contributed by atoms with van der Waals surface area (Å²) in [5.74, 6) is 0.911. The minimum absolute atomic E-state index is 0.0161. The molecule has 25 heavy (non-hydrogen) atoms. The van der Waals surface area contributed by atoms with Crippen molar-refractivity contribution in [3.63, 3.8) is 0 Å². The van der Waals surface area contributed by atoms with E-state index in [4.69, 9.17) is 9.47 Å². The summed E-state index contributed by atoms with van der Waals surface area (Å²) >= 11 is 0. The summed E-state index contributed by atoms with van der Waals surface area (Å²) in [6.07, 6.45) is 0. The summed E-state index contributed by atoms with van der Waals surface area (Å²) in [6, 6.07) is 22.6. The quantitative estimate of drug-likeness (QED) is 0.683. The Balaban J connectivity index is 1.78. The zero-order chi connectivity index (χ0) is 17.5. The molecule has 0 bridgehead atoms. The first-order valence-corrected chi connectivity index (χ1v) is 8.06. The second-order valence-corrected chi connectivity index (χ2v) is 5.63. The van der Waals surface area contributed by atoms with Crippen molar-refractivity contribution in [1.29, 1.82) is 0 Å².